The molecule has 162 valence electrons. The molecule has 8 nitrogen and oxygen atoms in total. The summed E-state index contributed by atoms with van der Waals surface area (Å²) >= 11 is 0. The molecule has 2 fully saturated rings. The summed E-state index contributed by atoms with van der Waals surface area (Å²) in [7, 11) is -3.66. The van der Waals surface area contributed by atoms with Crippen molar-refractivity contribution in [1.82, 2.24) is 14.1 Å². The first-order valence-electron chi connectivity index (χ1n) is 10.3. The van der Waals surface area contributed by atoms with Crippen LogP contribution in [0.3, 0.4) is 0 Å². The van der Waals surface area contributed by atoms with E-state index >= 15 is 0 Å². The lowest BCUT2D eigenvalue weighted by atomic mass is 9.95. The van der Waals surface area contributed by atoms with Crippen molar-refractivity contribution in [3.63, 3.8) is 0 Å². The van der Waals surface area contributed by atoms with Crippen LogP contribution < -0.4 is 0 Å². The second-order valence-electron chi connectivity index (χ2n) is 8.14. The van der Waals surface area contributed by atoms with E-state index < -0.39 is 10.0 Å². The number of sulfonamides is 1. The number of hydrogen-bond acceptors (Lipinski definition) is 5. The minimum atomic E-state index is -3.66. The van der Waals surface area contributed by atoms with Gasteiger partial charge in [0.1, 0.15) is 0 Å². The molecule has 0 saturated carbocycles. The van der Waals surface area contributed by atoms with Crippen LogP contribution in [0, 0.1) is 23.2 Å². The molecular formula is C21H28N4O4S. The quantitative estimate of drug-likeness (QED) is 0.713. The zero-order valence-corrected chi connectivity index (χ0v) is 18.3. The van der Waals surface area contributed by atoms with E-state index in [9.17, 15) is 18.0 Å². The van der Waals surface area contributed by atoms with E-state index in [0.717, 1.165) is 12.8 Å². The predicted octanol–water partition coefficient (Wildman–Crippen LogP) is 1.29. The fourth-order valence-electron chi connectivity index (χ4n) is 4.00. The van der Waals surface area contributed by atoms with Gasteiger partial charge in [-0.3, -0.25) is 9.59 Å². The van der Waals surface area contributed by atoms with Gasteiger partial charge in [0.15, 0.2) is 0 Å². The van der Waals surface area contributed by atoms with E-state index in [1.54, 1.807) is 9.80 Å². The number of nitrogens with zero attached hydrogens (tertiary/aromatic N) is 4. The number of carbonyl (C=O) groups is 2. The molecule has 1 aromatic rings. The predicted molar refractivity (Wildman–Crippen MR) is 111 cm³/mol. The molecule has 2 amide bonds. The fourth-order valence-corrected chi connectivity index (χ4v) is 5.42. The van der Waals surface area contributed by atoms with Crippen molar-refractivity contribution >= 4 is 21.8 Å². The van der Waals surface area contributed by atoms with Crippen molar-refractivity contribution in [2.24, 2.45) is 11.8 Å². The molecule has 9 heteroatoms. The number of carbonyl (C=O) groups excluding carboxylic acids is 2. The number of piperidine rings is 1. The molecule has 2 aliphatic rings. The van der Waals surface area contributed by atoms with Crippen LogP contribution in [0.2, 0.25) is 0 Å². The van der Waals surface area contributed by atoms with Gasteiger partial charge in [-0.25, -0.2) is 8.42 Å². The highest BCUT2D eigenvalue weighted by Crippen LogP contribution is 2.23. The maximum absolute atomic E-state index is 13.0. The maximum atomic E-state index is 13.0. The molecule has 0 radical (unpaired) electrons. The molecule has 0 spiro atoms. The maximum Gasteiger partial charge on any atom is 0.243 e. The minimum absolute atomic E-state index is 0.00618. The van der Waals surface area contributed by atoms with Gasteiger partial charge in [0.2, 0.25) is 21.8 Å². The van der Waals surface area contributed by atoms with E-state index in [1.165, 1.54) is 28.6 Å². The number of hydrogen-bond donors (Lipinski definition) is 0. The Morgan fingerprint density at radius 2 is 1.67 bits per heavy atom. The van der Waals surface area contributed by atoms with Gasteiger partial charge in [-0.1, -0.05) is 13.8 Å². The smallest absolute Gasteiger partial charge is 0.243 e. The number of amides is 2. The molecule has 0 bridgehead atoms. The van der Waals surface area contributed by atoms with Crippen molar-refractivity contribution in [3.8, 4) is 6.07 Å². The van der Waals surface area contributed by atoms with Gasteiger partial charge in [-0.2, -0.15) is 9.57 Å². The van der Waals surface area contributed by atoms with Gasteiger partial charge in [-0.15, -0.1) is 0 Å². The van der Waals surface area contributed by atoms with E-state index in [1.807, 2.05) is 19.9 Å². The molecule has 2 heterocycles. The summed E-state index contributed by atoms with van der Waals surface area (Å²) < 4.78 is 27.1. The molecule has 0 aliphatic carbocycles. The summed E-state index contributed by atoms with van der Waals surface area (Å²) in [5, 5.41) is 8.87. The molecular weight excluding hydrogens is 404 g/mol. The number of piperazine rings is 1. The first kappa shape index (κ1) is 22.2. The summed E-state index contributed by atoms with van der Waals surface area (Å²) in [6.45, 7) is 6.00. The van der Waals surface area contributed by atoms with E-state index in [-0.39, 0.29) is 41.6 Å². The van der Waals surface area contributed by atoms with E-state index in [4.69, 9.17) is 5.26 Å². The molecule has 1 unspecified atom stereocenters. The summed E-state index contributed by atoms with van der Waals surface area (Å²) in [6.07, 6.45) is 1.56. The monoisotopic (exact) mass is 432 g/mol. The number of benzene rings is 1. The molecule has 0 aromatic heterocycles. The summed E-state index contributed by atoms with van der Waals surface area (Å²) in [4.78, 5) is 28.9. The lowest BCUT2D eigenvalue weighted by Gasteiger charge is -2.39. The van der Waals surface area contributed by atoms with Crippen LogP contribution in [-0.4, -0.2) is 73.6 Å². The van der Waals surface area contributed by atoms with Crippen molar-refractivity contribution in [2.75, 3.05) is 39.3 Å². The topological polar surface area (TPSA) is 102 Å². The van der Waals surface area contributed by atoms with Gasteiger partial charge >= 0.3 is 0 Å². The lowest BCUT2D eigenvalue weighted by molar-refractivity contribution is -0.143. The number of rotatable bonds is 4. The Balaban J connectivity index is 1.60. The van der Waals surface area contributed by atoms with Crippen LogP contribution in [0.15, 0.2) is 29.2 Å². The number of nitriles is 1. The third kappa shape index (κ3) is 4.65. The summed E-state index contributed by atoms with van der Waals surface area (Å²) in [5.41, 5.74) is 0.404. The zero-order chi connectivity index (χ0) is 21.9. The Morgan fingerprint density at radius 3 is 2.23 bits per heavy atom. The zero-order valence-electron chi connectivity index (χ0n) is 17.5. The molecule has 3 rings (SSSR count). The SMILES string of the molecule is CC(C)C(=O)N1CCCC(C(=O)N2CCN(S(=O)(=O)c3ccc(C#N)cc3)CC2)C1. The second kappa shape index (κ2) is 9.14. The van der Waals surface area contributed by atoms with Gasteiger partial charge in [-0.05, 0) is 37.1 Å². The van der Waals surface area contributed by atoms with Crippen LogP contribution in [0.5, 0.6) is 0 Å². The Morgan fingerprint density at radius 1 is 1.03 bits per heavy atom. The molecule has 30 heavy (non-hydrogen) atoms. The third-order valence-corrected chi connectivity index (χ3v) is 7.66. The van der Waals surface area contributed by atoms with Gasteiger partial charge < -0.3 is 9.80 Å². The summed E-state index contributed by atoms with van der Waals surface area (Å²) in [5.74, 6) is -0.226. The Kier molecular flexibility index (Phi) is 6.78. The van der Waals surface area contributed by atoms with Crippen LogP contribution in [-0.2, 0) is 19.6 Å². The third-order valence-electron chi connectivity index (χ3n) is 5.75. The van der Waals surface area contributed by atoms with Crippen molar-refractivity contribution in [1.29, 1.82) is 5.26 Å². The van der Waals surface area contributed by atoms with Gasteiger partial charge in [0.25, 0.3) is 0 Å². The first-order valence-corrected chi connectivity index (χ1v) is 11.8. The molecule has 2 aliphatic heterocycles. The Bertz CT molecular complexity index is 929. The molecule has 2 saturated heterocycles. The van der Waals surface area contributed by atoms with Crippen molar-refractivity contribution < 1.29 is 18.0 Å². The van der Waals surface area contributed by atoms with Gasteiger partial charge in [0, 0.05) is 45.2 Å². The van der Waals surface area contributed by atoms with E-state index in [0.29, 0.717) is 31.7 Å². The van der Waals surface area contributed by atoms with Crippen molar-refractivity contribution in [3.05, 3.63) is 29.8 Å². The highest BCUT2D eigenvalue weighted by atomic mass is 32.2. The Hall–Kier alpha value is -2.44. The van der Waals surface area contributed by atoms with Crippen molar-refractivity contribution in [2.45, 2.75) is 31.6 Å². The van der Waals surface area contributed by atoms with Crippen LogP contribution in [0.1, 0.15) is 32.3 Å². The lowest BCUT2D eigenvalue weighted by Crippen LogP contribution is -2.54. The second-order valence-corrected chi connectivity index (χ2v) is 10.1. The normalized spacial score (nSPS) is 20.8. The number of likely N-dealkylation sites (tertiary alicyclic amines) is 1. The van der Waals surface area contributed by atoms with Crippen LogP contribution in [0.25, 0.3) is 0 Å². The largest absolute Gasteiger partial charge is 0.342 e. The average molecular weight is 433 g/mol. The minimum Gasteiger partial charge on any atom is -0.342 e. The molecule has 1 atom stereocenters. The van der Waals surface area contributed by atoms with Gasteiger partial charge in [0.05, 0.1) is 22.4 Å². The fraction of sp³-hybridized carbons (Fsp3) is 0.571. The standard InChI is InChI=1S/C21H28N4O4S/c1-16(2)20(26)24-9-3-4-18(15-24)21(27)23-10-12-25(13-11-23)30(28,29)19-7-5-17(14-22)6-8-19/h5-8,16,18H,3-4,9-13,15H2,1-2H3. The highest BCUT2D eigenvalue weighted by Gasteiger charge is 2.35. The van der Waals surface area contributed by atoms with E-state index in [2.05, 4.69) is 0 Å². The van der Waals surface area contributed by atoms with Crippen LogP contribution >= 0.6 is 0 Å². The van der Waals surface area contributed by atoms with Crippen LogP contribution in [0.4, 0.5) is 0 Å². The molecule has 1 aromatic carbocycles. The Labute approximate surface area is 178 Å². The average Bonchev–Trinajstić information content (AvgIpc) is 2.78. The highest BCUT2D eigenvalue weighted by molar-refractivity contribution is 7.89. The molecule has 0 N–H and O–H groups in total. The first-order chi connectivity index (χ1) is 14.2. The summed E-state index contributed by atoms with van der Waals surface area (Å²) in [6, 6.07) is 7.82.